The maximum atomic E-state index is 6.02. The van der Waals surface area contributed by atoms with E-state index in [1.54, 1.807) is 12.1 Å². The molecule has 0 saturated carbocycles. The molecule has 92 valence electrons. The first-order valence-corrected chi connectivity index (χ1v) is 6.55. The van der Waals surface area contributed by atoms with Crippen LogP contribution in [0.3, 0.4) is 0 Å². The lowest BCUT2D eigenvalue weighted by molar-refractivity contribution is 1.08. The van der Waals surface area contributed by atoms with Crippen LogP contribution in [0.2, 0.25) is 10.0 Å². The molecule has 0 bridgehead atoms. The zero-order valence-corrected chi connectivity index (χ0v) is 12.1. The number of hydrazone groups is 1. The van der Waals surface area contributed by atoms with Gasteiger partial charge in [-0.1, -0.05) is 61.8 Å². The minimum atomic E-state index is 0.600. The summed E-state index contributed by atoms with van der Waals surface area (Å²) in [5.74, 6) is 0. The zero-order chi connectivity index (χ0) is 12.8. The third-order valence-electron chi connectivity index (χ3n) is 1.89. The van der Waals surface area contributed by atoms with Crippen LogP contribution in [0.25, 0.3) is 0 Å². The van der Waals surface area contributed by atoms with Crippen LogP contribution in [0, 0.1) is 0 Å². The van der Waals surface area contributed by atoms with Crippen LogP contribution >= 0.6 is 35.4 Å². The van der Waals surface area contributed by atoms with Crippen LogP contribution in [0.4, 0.5) is 0 Å². The Balaban J connectivity index is 0.000000437. The van der Waals surface area contributed by atoms with Gasteiger partial charge in [0, 0.05) is 17.0 Å². The summed E-state index contributed by atoms with van der Waals surface area (Å²) in [5.41, 5.74) is 4.47. The maximum Gasteiger partial charge on any atom is 0.102 e. The molecular formula is C12H14Cl2N2S. The summed E-state index contributed by atoms with van der Waals surface area (Å²) in [6.07, 6.45) is 1.89. The molecule has 1 aromatic rings. The van der Waals surface area contributed by atoms with Gasteiger partial charge in [0.05, 0.1) is 10.7 Å². The smallest absolute Gasteiger partial charge is 0.102 e. The summed E-state index contributed by atoms with van der Waals surface area (Å²) in [4.78, 5) is 0.714. The van der Waals surface area contributed by atoms with E-state index >= 15 is 0 Å². The number of thiocarbonyl (C=S) groups is 1. The van der Waals surface area contributed by atoms with Gasteiger partial charge in [0.25, 0.3) is 0 Å². The van der Waals surface area contributed by atoms with Crippen molar-refractivity contribution in [3.05, 3.63) is 33.8 Å². The Morgan fingerprint density at radius 1 is 1.35 bits per heavy atom. The van der Waals surface area contributed by atoms with Crippen molar-refractivity contribution in [2.75, 3.05) is 0 Å². The highest BCUT2D eigenvalue weighted by molar-refractivity contribution is 7.80. The van der Waals surface area contributed by atoms with E-state index in [4.69, 9.17) is 35.4 Å². The summed E-state index contributed by atoms with van der Waals surface area (Å²) >= 11 is 16.8. The summed E-state index contributed by atoms with van der Waals surface area (Å²) in [7, 11) is 0. The van der Waals surface area contributed by atoms with Gasteiger partial charge >= 0.3 is 0 Å². The third-order valence-corrected chi connectivity index (χ3v) is 2.67. The molecule has 0 saturated heterocycles. The van der Waals surface area contributed by atoms with Crippen LogP contribution in [0.15, 0.2) is 23.3 Å². The van der Waals surface area contributed by atoms with Crippen molar-refractivity contribution < 1.29 is 0 Å². The summed E-state index contributed by atoms with van der Waals surface area (Å²) in [5, 5.41) is 5.29. The Kier molecular flexibility index (Phi) is 5.89. The lowest BCUT2D eigenvalue weighted by atomic mass is 10.1. The maximum absolute atomic E-state index is 6.02. The molecule has 1 aliphatic heterocycles. The first-order chi connectivity index (χ1) is 8.08. The van der Waals surface area contributed by atoms with E-state index in [-0.39, 0.29) is 0 Å². The molecule has 0 aromatic heterocycles. The molecule has 0 spiro atoms. The van der Waals surface area contributed by atoms with Crippen LogP contribution < -0.4 is 5.43 Å². The van der Waals surface area contributed by atoms with Crippen LogP contribution in [0.1, 0.15) is 32.3 Å². The van der Waals surface area contributed by atoms with E-state index < -0.39 is 0 Å². The van der Waals surface area contributed by atoms with Crippen molar-refractivity contribution in [2.45, 2.75) is 26.7 Å². The van der Waals surface area contributed by atoms with Gasteiger partial charge in [0.15, 0.2) is 0 Å². The predicted octanol–water partition coefficient (Wildman–Crippen LogP) is 4.43. The lowest BCUT2D eigenvalue weighted by Gasteiger charge is -2.02. The second-order valence-electron chi connectivity index (χ2n) is 3.60. The lowest BCUT2D eigenvalue weighted by Crippen LogP contribution is -2.06. The second-order valence-corrected chi connectivity index (χ2v) is 4.94. The highest BCUT2D eigenvalue weighted by Crippen LogP contribution is 2.23. The molecule has 1 aromatic carbocycles. The molecule has 2 nitrogen and oxygen atoms in total. The average molecular weight is 289 g/mol. The van der Waals surface area contributed by atoms with Crippen molar-refractivity contribution >= 4 is 46.1 Å². The largest absolute Gasteiger partial charge is 0.271 e. The Morgan fingerprint density at radius 2 is 2.00 bits per heavy atom. The highest BCUT2D eigenvalue weighted by Gasteiger charge is 2.15. The molecule has 2 rings (SSSR count). The standard InChI is InChI=1S/C9H6Cl2N2S.C3H8/c10-5-1-2-6(7(11)3-5)8-4-9(14)13-12-8;1-3-2/h1-3H,4H2,(H,13,14);3H2,1-2H3. The Labute approximate surface area is 117 Å². The normalized spacial score (nSPS) is 13.6. The summed E-state index contributed by atoms with van der Waals surface area (Å²) < 4.78 is 0. The van der Waals surface area contributed by atoms with Crippen molar-refractivity contribution in [2.24, 2.45) is 5.10 Å². The number of hydrogen-bond donors (Lipinski definition) is 1. The number of nitrogens with zero attached hydrogens (tertiary/aromatic N) is 1. The molecule has 0 amide bonds. The predicted molar refractivity (Wildman–Crippen MR) is 79.3 cm³/mol. The minimum absolute atomic E-state index is 0.600. The van der Waals surface area contributed by atoms with E-state index in [0.29, 0.717) is 21.5 Å². The molecule has 0 atom stereocenters. The van der Waals surface area contributed by atoms with Crippen molar-refractivity contribution in [3.8, 4) is 0 Å². The molecule has 5 heteroatoms. The molecule has 1 aliphatic rings. The SMILES string of the molecule is CCC.S=C1CC(c2ccc(Cl)cc2Cl)=NN1. The fraction of sp³-hybridized carbons (Fsp3) is 0.333. The van der Waals surface area contributed by atoms with E-state index in [1.165, 1.54) is 6.42 Å². The van der Waals surface area contributed by atoms with Gasteiger partial charge in [-0.15, -0.1) is 0 Å². The molecule has 0 fully saturated rings. The van der Waals surface area contributed by atoms with Gasteiger partial charge in [-0.25, -0.2) is 0 Å². The van der Waals surface area contributed by atoms with Crippen molar-refractivity contribution in [1.29, 1.82) is 0 Å². The molecule has 0 aliphatic carbocycles. The first-order valence-electron chi connectivity index (χ1n) is 5.39. The van der Waals surface area contributed by atoms with Gasteiger partial charge in [-0.3, -0.25) is 5.43 Å². The number of halogens is 2. The van der Waals surface area contributed by atoms with Gasteiger partial charge in [0.2, 0.25) is 0 Å². The Bertz CT molecular complexity index is 444. The number of rotatable bonds is 1. The Hall–Kier alpha value is -0.640. The van der Waals surface area contributed by atoms with E-state index in [0.717, 1.165) is 11.3 Å². The van der Waals surface area contributed by atoms with E-state index in [2.05, 4.69) is 24.4 Å². The number of benzene rings is 1. The van der Waals surface area contributed by atoms with Gasteiger partial charge < -0.3 is 0 Å². The molecular weight excluding hydrogens is 275 g/mol. The first kappa shape index (κ1) is 14.4. The van der Waals surface area contributed by atoms with Crippen molar-refractivity contribution in [1.82, 2.24) is 5.43 Å². The molecule has 0 radical (unpaired) electrons. The zero-order valence-electron chi connectivity index (χ0n) is 9.76. The molecule has 1 N–H and O–H groups in total. The van der Waals surface area contributed by atoms with Crippen LogP contribution in [0.5, 0.6) is 0 Å². The third kappa shape index (κ3) is 4.26. The average Bonchev–Trinajstić information content (AvgIpc) is 2.66. The topological polar surface area (TPSA) is 24.4 Å². The monoisotopic (exact) mass is 288 g/mol. The minimum Gasteiger partial charge on any atom is -0.271 e. The number of nitrogens with one attached hydrogen (secondary N) is 1. The van der Waals surface area contributed by atoms with Crippen LogP contribution in [-0.4, -0.2) is 10.7 Å². The van der Waals surface area contributed by atoms with E-state index in [9.17, 15) is 0 Å². The van der Waals surface area contributed by atoms with Crippen molar-refractivity contribution in [3.63, 3.8) is 0 Å². The second kappa shape index (κ2) is 6.94. The van der Waals surface area contributed by atoms with E-state index in [1.807, 2.05) is 6.07 Å². The van der Waals surface area contributed by atoms with Gasteiger partial charge in [-0.2, -0.15) is 5.10 Å². The van der Waals surface area contributed by atoms with Gasteiger partial charge in [-0.05, 0) is 12.1 Å². The quantitative estimate of drug-likeness (QED) is 0.773. The number of hydrogen-bond acceptors (Lipinski definition) is 2. The Morgan fingerprint density at radius 3 is 2.47 bits per heavy atom. The fourth-order valence-electron chi connectivity index (χ4n) is 1.24. The molecule has 0 unspecified atom stereocenters. The van der Waals surface area contributed by atoms with Crippen LogP contribution in [-0.2, 0) is 0 Å². The fourth-order valence-corrected chi connectivity index (χ4v) is 1.94. The van der Waals surface area contributed by atoms with Gasteiger partial charge in [0.1, 0.15) is 4.99 Å². The summed E-state index contributed by atoms with van der Waals surface area (Å²) in [6, 6.07) is 5.33. The summed E-state index contributed by atoms with van der Waals surface area (Å²) in [6.45, 7) is 4.25. The molecule has 17 heavy (non-hydrogen) atoms. The molecule has 1 heterocycles. The highest BCUT2D eigenvalue weighted by atomic mass is 35.5.